The van der Waals surface area contributed by atoms with Crippen molar-refractivity contribution in [2.45, 2.75) is 30.7 Å². The zero-order valence-electron chi connectivity index (χ0n) is 12.9. The van der Waals surface area contributed by atoms with Crippen molar-refractivity contribution >= 4 is 23.2 Å². The van der Waals surface area contributed by atoms with Gasteiger partial charge in [-0.2, -0.15) is 0 Å². The van der Waals surface area contributed by atoms with Crippen LogP contribution in [0.15, 0.2) is 48.5 Å². The van der Waals surface area contributed by atoms with E-state index in [4.69, 9.17) is 28.3 Å². The maximum absolute atomic E-state index is 10.2. The fourth-order valence-corrected chi connectivity index (χ4v) is 2.85. The predicted molar refractivity (Wildman–Crippen MR) is 94.5 cm³/mol. The van der Waals surface area contributed by atoms with Gasteiger partial charge in [-0.05, 0) is 41.8 Å². The van der Waals surface area contributed by atoms with E-state index in [-0.39, 0.29) is 12.3 Å². The van der Waals surface area contributed by atoms with Gasteiger partial charge in [0.05, 0.1) is 12.7 Å². The fraction of sp³-hybridized carbons (Fsp3) is 0.333. The second-order valence-electron chi connectivity index (χ2n) is 5.70. The van der Waals surface area contributed by atoms with Gasteiger partial charge in [0.25, 0.3) is 0 Å². The van der Waals surface area contributed by atoms with Crippen LogP contribution in [0.4, 0.5) is 0 Å². The van der Waals surface area contributed by atoms with Crippen LogP contribution in [0.1, 0.15) is 23.5 Å². The Morgan fingerprint density at radius 1 is 0.708 bits per heavy atom. The minimum atomic E-state index is -1.43. The van der Waals surface area contributed by atoms with Crippen LogP contribution in [-0.4, -0.2) is 45.3 Å². The predicted octanol–water partition coefficient (Wildman–Crippen LogP) is 2.59. The average Bonchev–Trinajstić information content (AvgIpc) is 2.60. The summed E-state index contributed by atoms with van der Waals surface area (Å²) in [4.78, 5) is 0. The Kier molecular flexibility index (Phi) is 7.04. The Labute approximate surface area is 150 Å². The molecule has 0 aromatic heterocycles. The van der Waals surface area contributed by atoms with Crippen LogP contribution < -0.4 is 0 Å². The summed E-state index contributed by atoms with van der Waals surface area (Å²) in [6, 6.07) is 14.4. The molecule has 2 aromatic carbocycles. The summed E-state index contributed by atoms with van der Waals surface area (Å²) in [5.74, 6) is -0.227. The summed E-state index contributed by atoms with van der Waals surface area (Å²) < 4.78 is 0. The summed E-state index contributed by atoms with van der Waals surface area (Å²) in [6.45, 7) is -0.620. The Morgan fingerprint density at radius 3 is 1.50 bits per heavy atom. The third-order valence-corrected chi connectivity index (χ3v) is 4.50. The van der Waals surface area contributed by atoms with Crippen LogP contribution in [0.3, 0.4) is 0 Å². The van der Waals surface area contributed by atoms with Crippen molar-refractivity contribution in [3.05, 3.63) is 69.7 Å². The molecule has 0 saturated heterocycles. The Bertz CT molecular complexity index is 585. The van der Waals surface area contributed by atoms with Gasteiger partial charge in [-0.1, -0.05) is 47.5 Å². The smallest absolute Gasteiger partial charge is 0.108 e. The summed E-state index contributed by atoms with van der Waals surface area (Å²) in [7, 11) is 0. The first-order valence-corrected chi connectivity index (χ1v) is 8.34. The van der Waals surface area contributed by atoms with E-state index >= 15 is 0 Å². The quantitative estimate of drug-likeness (QED) is 0.603. The molecule has 0 fully saturated rings. The van der Waals surface area contributed by atoms with Gasteiger partial charge in [0.2, 0.25) is 0 Å². The van der Waals surface area contributed by atoms with E-state index in [2.05, 4.69) is 0 Å². The van der Waals surface area contributed by atoms with E-state index < -0.39 is 24.9 Å². The first-order valence-electron chi connectivity index (χ1n) is 7.58. The second kappa shape index (κ2) is 8.81. The molecular weight excluding hydrogens is 351 g/mol. The van der Waals surface area contributed by atoms with Gasteiger partial charge >= 0.3 is 0 Å². The molecule has 130 valence electrons. The highest BCUT2D eigenvalue weighted by Crippen LogP contribution is 2.31. The van der Waals surface area contributed by atoms with Crippen molar-refractivity contribution < 1.29 is 20.4 Å². The van der Waals surface area contributed by atoms with Gasteiger partial charge in [-0.3, -0.25) is 0 Å². The molecule has 0 aliphatic carbocycles. The molecule has 0 aliphatic rings. The van der Waals surface area contributed by atoms with Crippen LogP contribution in [0, 0.1) is 0 Å². The van der Waals surface area contributed by atoms with E-state index in [0.717, 1.165) is 11.1 Å². The van der Waals surface area contributed by atoms with Crippen LogP contribution in [0.5, 0.6) is 0 Å². The minimum Gasteiger partial charge on any atom is -0.394 e. The third kappa shape index (κ3) is 4.93. The standard InChI is InChI=1S/C18H20Cl2O4/c19-13-5-1-11(2-6-13)15(12-3-7-14(20)8-4-12)9-16(22)18(24)17(23)10-21/h1-8,15-18,21-24H,9-10H2/t16-,17+,18+/m0/s1. The molecule has 0 aliphatic heterocycles. The number of aliphatic hydroxyl groups excluding tert-OH is 4. The normalized spacial score (nSPS) is 15.3. The summed E-state index contributed by atoms with van der Waals surface area (Å²) in [5, 5.41) is 39.8. The lowest BCUT2D eigenvalue weighted by molar-refractivity contribution is -0.0791. The molecule has 2 rings (SSSR count). The van der Waals surface area contributed by atoms with Crippen molar-refractivity contribution in [2.75, 3.05) is 6.61 Å². The second-order valence-corrected chi connectivity index (χ2v) is 6.57. The largest absolute Gasteiger partial charge is 0.394 e. The third-order valence-electron chi connectivity index (χ3n) is 4.00. The van der Waals surface area contributed by atoms with Gasteiger partial charge in [0.1, 0.15) is 12.2 Å². The minimum absolute atomic E-state index is 0.168. The number of aliphatic hydroxyl groups is 4. The van der Waals surface area contributed by atoms with Gasteiger partial charge in [0, 0.05) is 16.0 Å². The molecule has 6 heteroatoms. The molecule has 4 nitrogen and oxygen atoms in total. The van der Waals surface area contributed by atoms with Crippen LogP contribution in [0.25, 0.3) is 0 Å². The van der Waals surface area contributed by atoms with E-state index in [0.29, 0.717) is 10.0 Å². The first kappa shape index (κ1) is 19.2. The lowest BCUT2D eigenvalue weighted by Gasteiger charge is -2.26. The summed E-state index contributed by atoms with van der Waals surface area (Å²) in [6.07, 6.45) is -3.86. The lowest BCUT2D eigenvalue weighted by atomic mass is 9.85. The maximum atomic E-state index is 10.2. The van der Waals surface area contributed by atoms with E-state index in [1.807, 2.05) is 24.3 Å². The molecule has 0 bridgehead atoms. The highest BCUT2D eigenvalue weighted by Gasteiger charge is 2.28. The number of rotatable bonds is 7. The number of hydrogen-bond donors (Lipinski definition) is 4. The molecule has 3 atom stereocenters. The first-order chi connectivity index (χ1) is 11.4. The van der Waals surface area contributed by atoms with E-state index in [9.17, 15) is 15.3 Å². The molecule has 0 unspecified atom stereocenters. The Morgan fingerprint density at radius 2 is 1.12 bits per heavy atom. The van der Waals surface area contributed by atoms with Gasteiger partial charge in [0.15, 0.2) is 0 Å². The fourth-order valence-electron chi connectivity index (χ4n) is 2.60. The molecule has 0 saturated carbocycles. The zero-order chi connectivity index (χ0) is 17.7. The molecule has 0 heterocycles. The number of benzene rings is 2. The molecule has 4 N–H and O–H groups in total. The monoisotopic (exact) mass is 370 g/mol. The van der Waals surface area contributed by atoms with Gasteiger partial charge in [-0.15, -0.1) is 0 Å². The highest BCUT2D eigenvalue weighted by molar-refractivity contribution is 6.30. The molecule has 0 spiro atoms. The van der Waals surface area contributed by atoms with Gasteiger partial charge < -0.3 is 20.4 Å². The topological polar surface area (TPSA) is 80.9 Å². The Balaban J connectivity index is 2.29. The molecule has 0 radical (unpaired) electrons. The summed E-state index contributed by atoms with van der Waals surface area (Å²) >= 11 is 11.9. The zero-order valence-corrected chi connectivity index (χ0v) is 14.4. The average molecular weight is 371 g/mol. The highest BCUT2D eigenvalue weighted by atomic mass is 35.5. The molecular formula is C18H20Cl2O4. The SMILES string of the molecule is OC[C@@H](O)[C@H](O)[C@@H](O)CC(c1ccc(Cl)cc1)c1ccc(Cl)cc1. The Hall–Kier alpha value is -1.14. The van der Waals surface area contributed by atoms with Crippen molar-refractivity contribution in [2.24, 2.45) is 0 Å². The lowest BCUT2D eigenvalue weighted by Crippen LogP contribution is -2.40. The molecule has 0 amide bonds. The van der Waals surface area contributed by atoms with Crippen molar-refractivity contribution in [1.29, 1.82) is 0 Å². The number of halogens is 2. The van der Waals surface area contributed by atoms with E-state index in [1.54, 1.807) is 24.3 Å². The van der Waals surface area contributed by atoms with Crippen molar-refractivity contribution in [3.8, 4) is 0 Å². The van der Waals surface area contributed by atoms with Gasteiger partial charge in [-0.25, -0.2) is 0 Å². The van der Waals surface area contributed by atoms with Crippen molar-refractivity contribution in [1.82, 2.24) is 0 Å². The summed E-state index contributed by atoms with van der Waals surface area (Å²) in [5.41, 5.74) is 1.82. The van der Waals surface area contributed by atoms with Crippen LogP contribution >= 0.6 is 23.2 Å². The number of hydrogen-bond acceptors (Lipinski definition) is 4. The van der Waals surface area contributed by atoms with Crippen LogP contribution in [0.2, 0.25) is 10.0 Å². The van der Waals surface area contributed by atoms with Crippen molar-refractivity contribution in [3.63, 3.8) is 0 Å². The maximum Gasteiger partial charge on any atom is 0.108 e. The van der Waals surface area contributed by atoms with Crippen LogP contribution in [-0.2, 0) is 0 Å². The molecule has 2 aromatic rings. The van der Waals surface area contributed by atoms with E-state index in [1.165, 1.54) is 0 Å². The molecule has 24 heavy (non-hydrogen) atoms.